The number of ether oxygens (including phenoxy) is 1. The standard InChI is InChI=1S/C18H21N3O4S/c1-12(16(22)21-13-5-7-14(25-2)8-6-13)20-18(24)17(23)19-10-9-15-4-3-11-26-15/h3-8,11-12H,9-10H2,1-2H3,(H,19,23)(H,20,24)(H,21,22)/t12-/m0/s1. The van der Waals surface area contributed by atoms with Crippen molar-refractivity contribution < 1.29 is 19.1 Å². The zero-order chi connectivity index (χ0) is 18.9. The van der Waals surface area contributed by atoms with Crippen LogP contribution in [0, 0.1) is 0 Å². The number of hydrogen-bond donors (Lipinski definition) is 3. The first-order valence-electron chi connectivity index (χ1n) is 8.05. The minimum absolute atomic E-state index is 0.360. The molecule has 26 heavy (non-hydrogen) atoms. The SMILES string of the molecule is COc1ccc(NC(=O)[C@H](C)NC(=O)C(=O)NCCc2cccs2)cc1. The first-order valence-corrected chi connectivity index (χ1v) is 8.93. The Morgan fingerprint density at radius 1 is 1.12 bits per heavy atom. The lowest BCUT2D eigenvalue weighted by Gasteiger charge is -2.14. The fourth-order valence-electron chi connectivity index (χ4n) is 2.09. The second-order valence-corrected chi connectivity index (χ2v) is 6.53. The lowest BCUT2D eigenvalue weighted by molar-refractivity contribution is -0.140. The molecular weight excluding hydrogens is 354 g/mol. The van der Waals surface area contributed by atoms with Crippen LogP contribution in [-0.2, 0) is 20.8 Å². The van der Waals surface area contributed by atoms with Gasteiger partial charge in [0.25, 0.3) is 0 Å². The highest BCUT2D eigenvalue weighted by Crippen LogP contribution is 2.15. The number of thiophene rings is 1. The molecule has 0 unspecified atom stereocenters. The van der Waals surface area contributed by atoms with Gasteiger partial charge in [-0.25, -0.2) is 0 Å². The Morgan fingerprint density at radius 3 is 2.46 bits per heavy atom. The van der Waals surface area contributed by atoms with Crippen molar-refractivity contribution in [1.82, 2.24) is 10.6 Å². The molecular formula is C18H21N3O4S. The topological polar surface area (TPSA) is 96.5 Å². The lowest BCUT2D eigenvalue weighted by Crippen LogP contribution is -2.48. The van der Waals surface area contributed by atoms with Gasteiger partial charge in [0.05, 0.1) is 7.11 Å². The number of methoxy groups -OCH3 is 1. The van der Waals surface area contributed by atoms with E-state index in [9.17, 15) is 14.4 Å². The van der Waals surface area contributed by atoms with Crippen LogP contribution in [0.5, 0.6) is 5.75 Å². The molecule has 7 nitrogen and oxygen atoms in total. The molecule has 0 fully saturated rings. The van der Waals surface area contributed by atoms with Crippen molar-refractivity contribution >= 4 is 34.7 Å². The average Bonchev–Trinajstić information content (AvgIpc) is 3.15. The van der Waals surface area contributed by atoms with Gasteiger partial charge in [-0.15, -0.1) is 11.3 Å². The van der Waals surface area contributed by atoms with Gasteiger partial charge in [0, 0.05) is 17.1 Å². The summed E-state index contributed by atoms with van der Waals surface area (Å²) >= 11 is 1.59. The summed E-state index contributed by atoms with van der Waals surface area (Å²) in [4.78, 5) is 36.9. The van der Waals surface area contributed by atoms with Crippen LogP contribution < -0.4 is 20.7 Å². The van der Waals surface area contributed by atoms with Gasteiger partial charge in [0.2, 0.25) is 5.91 Å². The summed E-state index contributed by atoms with van der Waals surface area (Å²) < 4.78 is 5.04. The molecule has 0 aliphatic heterocycles. The minimum Gasteiger partial charge on any atom is -0.497 e. The van der Waals surface area contributed by atoms with E-state index in [4.69, 9.17) is 4.74 Å². The number of rotatable bonds is 7. The molecule has 2 rings (SSSR count). The van der Waals surface area contributed by atoms with E-state index in [1.807, 2.05) is 17.5 Å². The third-order valence-corrected chi connectivity index (χ3v) is 4.48. The highest BCUT2D eigenvalue weighted by atomic mass is 32.1. The second-order valence-electron chi connectivity index (χ2n) is 5.50. The number of carbonyl (C=O) groups is 3. The van der Waals surface area contributed by atoms with Crippen molar-refractivity contribution in [3.8, 4) is 5.75 Å². The maximum atomic E-state index is 12.1. The van der Waals surface area contributed by atoms with Gasteiger partial charge in [0.15, 0.2) is 0 Å². The maximum Gasteiger partial charge on any atom is 0.309 e. The minimum atomic E-state index is -0.854. The predicted octanol–water partition coefficient (Wildman–Crippen LogP) is 1.56. The molecule has 2 aromatic rings. The largest absolute Gasteiger partial charge is 0.497 e. The molecule has 0 saturated heterocycles. The van der Waals surface area contributed by atoms with Crippen LogP contribution in [0.4, 0.5) is 5.69 Å². The molecule has 3 amide bonds. The van der Waals surface area contributed by atoms with E-state index in [-0.39, 0.29) is 0 Å². The Bertz CT molecular complexity index is 744. The predicted molar refractivity (Wildman–Crippen MR) is 100 cm³/mol. The molecule has 1 aromatic carbocycles. The summed E-state index contributed by atoms with van der Waals surface area (Å²) in [5.41, 5.74) is 0.567. The van der Waals surface area contributed by atoms with Crippen LogP contribution >= 0.6 is 11.3 Å². The Morgan fingerprint density at radius 2 is 1.85 bits per heavy atom. The molecule has 0 aliphatic rings. The zero-order valence-electron chi connectivity index (χ0n) is 14.6. The monoisotopic (exact) mass is 375 g/mol. The quantitative estimate of drug-likeness (QED) is 0.640. The Balaban J connectivity index is 1.75. The molecule has 0 saturated carbocycles. The van der Waals surface area contributed by atoms with Crippen molar-refractivity contribution in [3.05, 3.63) is 46.7 Å². The second kappa shape index (κ2) is 9.57. The summed E-state index contributed by atoms with van der Waals surface area (Å²) in [5.74, 6) is -1.35. The van der Waals surface area contributed by atoms with Crippen LogP contribution in [0.3, 0.4) is 0 Å². The number of hydrogen-bond acceptors (Lipinski definition) is 5. The number of carbonyl (C=O) groups excluding carboxylic acids is 3. The summed E-state index contributed by atoms with van der Waals surface area (Å²) in [6.07, 6.45) is 0.657. The number of anilines is 1. The normalized spacial score (nSPS) is 11.3. The molecule has 3 N–H and O–H groups in total. The summed E-state index contributed by atoms with van der Waals surface area (Å²) in [6.45, 7) is 1.87. The first kappa shape index (κ1) is 19.5. The smallest absolute Gasteiger partial charge is 0.309 e. The average molecular weight is 375 g/mol. The highest BCUT2D eigenvalue weighted by molar-refractivity contribution is 7.09. The number of benzene rings is 1. The van der Waals surface area contributed by atoms with Crippen LogP contribution in [0.1, 0.15) is 11.8 Å². The van der Waals surface area contributed by atoms with Crippen molar-refractivity contribution in [3.63, 3.8) is 0 Å². The van der Waals surface area contributed by atoms with E-state index >= 15 is 0 Å². The molecule has 0 radical (unpaired) electrons. The van der Waals surface area contributed by atoms with Gasteiger partial charge in [0.1, 0.15) is 11.8 Å². The molecule has 0 aliphatic carbocycles. The summed E-state index contributed by atoms with van der Waals surface area (Å²) in [6, 6.07) is 9.82. The van der Waals surface area contributed by atoms with Crippen LogP contribution in [0.25, 0.3) is 0 Å². The van der Waals surface area contributed by atoms with E-state index in [1.54, 1.807) is 42.7 Å². The summed E-state index contributed by atoms with van der Waals surface area (Å²) in [5, 5.41) is 9.53. The van der Waals surface area contributed by atoms with Gasteiger partial charge in [-0.05, 0) is 49.1 Å². The molecule has 0 spiro atoms. The first-order chi connectivity index (χ1) is 12.5. The summed E-state index contributed by atoms with van der Waals surface area (Å²) in [7, 11) is 1.55. The molecule has 0 bridgehead atoms. The van der Waals surface area contributed by atoms with Gasteiger partial charge in [-0.1, -0.05) is 6.07 Å². The highest BCUT2D eigenvalue weighted by Gasteiger charge is 2.20. The maximum absolute atomic E-state index is 12.1. The van der Waals surface area contributed by atoms with Crippen molar-refractivity contribution in [2.75, 3.05) is 19.0 Å². The van der Waals surface area contributed by atoms with E-state index < -0.39 is 23.8 Å². The Kier molecular flexibility index (Phi) is 7.16. The number of amides is 3. The van der Waals surface area contributed by atoms with E-state index in [0.717, 1.165) is 4.88 Å². The third kappa shape index (κ3) is 5.89. The van der Waals surface area contributed by atoms with Gasteiger partial charge in [-0.2, -0.15) is 0 Å². The van der Waals surface area contributed by atoms with E-state index in [2.05, 4.69) is 16.0 Å². The van der Waals surface area contributed by atoms with Gasteiger partial charge in [-0.3, -0.25) is 14.4 Å². The lowest BCUT2D eigenvalue weighted by atomic mass is 10.2. The van der Waals surface area contributed by atoms with Crippen LogP contribution in [0.15, 0.2) is 41.8 Å². The van der Waals surface area contributed by atoms with Crippen molar-refractivity contribution in [2.24, 2.45) is 0 Å². The number of nitrogens with one attached hydrogen (secondary N) is 3. The molecule has 1 heterocycles. The fraction of sp³-hybridized carbons (Fsp3) is 0.278. The van der Waals surface area contributed by atoms with Crippen molar-refractivity contribution in [2.45, 2.75) is 19.4 Å². The van der Waals surface area contributed by atoms with E-state index in [1.165, 1.54) is 6.92 Å². The van der Waals surface area contributed by atoms with Crippen LogP contribution in [-0.4, -0.2) is 37.4 Å². The molecule has 138 valence electrons. The van der Waals surface area contributed by atoms with Gasteiger partial charge < -0.3 is 20.7 Å². The Hall–Kier alpha value is -2.87. The zero-order valence-corrected chi connectivity index (χ0v) is 15.4. The Labute approximate surface area is 155 Å². The molecule has 8 heteroatoms. The van der Waals surface area contributed by atoms with E-state index in [0.29, 0.717) is 24.4 Å². The molecule has 1 atom stereocenters. The van der Waals surface area contributed by atoms with Crippen LogP contribution in [0.2, 0.25) is 0 Å². The third-order valence-electron chi connectivity index (χ3n) is 3.54. The molecule has 1 aromatic heterocycles. The fourth-order valence-corrected chi connectivity index (χ4v) is 2.80. The van der Waals surface area contributed by atoms with Gasteiger partial charge >= 0.3 is 11.8 Å². The van der Waals surface area contributed by atoms with Crippen molar-refractivity contribution in [1.29, 1.82) is 0 Å².